The van der Waals surface area contributed by atoms with Gasteiger partial charge in [0.1, 0.15) is 22.9 Å². The van der Waals surface area contributed by atoms with Crippen LogP contribution in [-0.4, -0.2) is 26.4 Å². The summed E-state index contributed by atoms with van der Waals surface area (Å²) >= 11 is 12.3. The first-order valence-electron chi connectivity index (χ1n) is 8.75. The standard InChI is InChI=1S/C22H11Cl2F2NO4/c23-13-3-1-4-14(24)19(13)21(29)17-8-11(20-15(25)5-2-6-27(17)20)10-9-18(28)12(22(30)31)7-16(10)26/h1-9,28H,(H,30,31). The zero-order valence-corrected chi connectivity index (χ0v) is 16.9. The Balaban J connectivity index is 2.01. The summed E-state index contributed by atoms with van der Waals surface area (Å²) in [7, 11) is 0. The van der Waals surface area contributed by atoms with Gasteiger partial charge in [-0.1, -0.05) is 29.3 Å². The molecule has 0 bridgehead atoms. The highest BCUT2D eigenvalue weighted by Gasteiger charge is 2.25. The Bertz CT molecular complexity index is 1380. The van der Waals surface area contributed by atoms with Crippen molar-refractivity contribution >= 4 is 40.5 Å². The van der Waals surface area contributed by atoms with Gasteiger partial charge in [0.05, 0.1) is 26.8 Å². The number of aromatic nitrogens is 1. The van der Waals surface area contributed by atoms with Crippen LogP contribution in [0.1, 0.15) is 26.4 Å². The second kappa shape index (κ2) is 7.68. The average molecular weight is 462 g/mol. The number of phenols is 1. The average Bonchev–Trinajstić information content (AvgIpc) is 3.10. The summed E-state index contributed by atoms with van der Waals surface area (Å²) in [4.78, 5) is 24.4. The second-order valence-corrected chi connectivity index (χ2v) is 7.41. The third-order valence-electron chi connectivity index (χ3n) is 4.77. The monoisotopic (exact) mass is 461 g/mol. The highest BCUT2D eigenvalue weighted by atomic mass is 35.5. The van der Waals surface area contributed by atoms with Crippen molar-refractivity contribution in [2.45, 2.75) is 0 Å². The van der Waals surface area contributed by atoms with Gasteiger partial charge in [-0.05, 0) is 42.5 Å². The van der Waals surface area contributed by atoms with Crippen LogP contribution in [-0.2, 0) is 0 Å². The fourth-order valence-corrected chi connectivity index (χ4v) is 3.95. The van der Waals surface area contributed by atoms with Crippen LogP contribution >= 0.6 is 23.2 Å². The lowest BCUT2D eigenvalue weighted by molar-refractivity contribution is 0.0693. The highest BCUT2D eigenvalue weighted by Crippen LogP contribution is 2.37. The predicted octanol–water partition coefficient (Wildman–Crippen LogP) is 5.83. The number of hydrogen-bond acceptors (Lipinski definition) is 3. The lowest BCUT2D eigenvalue weighted by Gasteiger charge is -2.07. The van der Waals surface area contributed by atoms with Crippen LogP contribution in [0.5, 0.6) is 5.75 Å². The van der Waals surface area contributed by atoms with Gasteiger partial charge in [0.2, 0.25) is 5.78 Å². The number of halogens is 4. The Kier molecular flexibility index (Phi) is 5.16. The number of nitrogens with zero attached hydrogens (tertiary/aromatic N) is 1. The van der Waals surface area contributed by atoms with E-state index in [1.54, 1.807) is 6.07 Å². The van der Waals surface area contributed by atoms with Crippen molar-refractivity contribution in [3.63, 3.8) is 0 Å². The van der Waals surface area contributed by atoms with Crippen molar-refractivity contribution < 1.29 is 28.6 Å². The van der Waals surface area contributed by atoms with Crippen LogP contribution in [0.4, 0.5) is 8.78 Å². The zero-order chi connectivity index (χ0) is 22.4. The van der Waals surface area contributed by atoms with E-state index in [1.807, 2.05) is 0 Å². The van der Waals surface area contributed by atoms with E-state index in [1.165, 1.54) is 34.9 Å². The summed E-state index contributed by atoms with van der Waals surface area (Å²) in [5.74, 6) is -4.64. The van der Waals surface area contributed by atoms with Gasteiger partial charge in [-0.25, -0.2) is 13.6 Å². The summed E-state index contributed by atoms with van der Waals surface area (Å²) in [5.41, 5.74) is -1.20. The van der Waals surface area contributed by atoms with Crippen molar-refractivity contribution in [3.05, 3.63) is 93.2 Å². The summed E-state index contributed by atoms with van der Waals surface area (Å²) in [6, 6.07) is 9.72. The van der Waals surface area contributed by atoms with E-state index in [0.29, 0.717) is 6.07 Å². The molecule has 0 fully saturated rings. The molecule has 0 atom stereocenters. The van der Waals surface area contributed by atoms with E-state index < -0.39 is 34.7 Å². The third-order valence-corrected chi connectivity index (χ3v) is 5.40. The number of rotatable bonds is 4. The summed E-state index contributed by atoms with van der Waals surface area (Å²) in [5, 5.41) is 19.2. The molecular formula is C22H11Cl2F2NO4. The van der Waals surface area contributed by atoms with Crippen LogP contribution < -0.4 is 0 Å². The number of carbonyl (C=O) groups excluding carboxylic acids is 1. The lowest BCUT2D eigenvalue weighted by Crippen LogP contribution is -2.07. The van der Waals surface area contributed by atoms with E-state index in [4.69, 9.17) is 28.3 Å². The smallest absolute Gasteiger partial charge is 0.339 e. The molecule has 0 saturated carbocycles. The van der Waals surface area contributed by atoms with Gasteiger partial charge in [-0.2, -0.15) is 0 Å². The Hall–Kier alpha value is -3.42. The molecule has 0 aliphatic heterocycles. The van der Waals surface area contributed by atoms with Gasteiger partial charge in [-0.3, -0.25) is 4.79 Å². The number of fused-ring (bicyclic) bond motifs is 1. The molecule has 4 rings (SSSR count). The van der Waals surface area contributed by atoms with Crippen molar-refractivity contribution in [2.24, 2.45) is 0 Å². The molecule has 5 nitrogen and oxygen atoms in total. The van der Waals surface area contributed by atoms with Crippen molar-refractivity contribution in [2.75, 3.05) is 0 Å². The molecule has 2 aromatic heterocycles. The molecule has 0 aliphatic rings. The zero-order valence-electron chi connectivity index (χ0n) is 15.4. The number of benzene rings is 2. The topological polar surface area (TPSA) is 79.0 Å². The van der Waals surface area contributed by atoms with E-state index in [-0.39, 0.29) is 37.9 Å². The number of hydrogen-bond donors (Lipinski definition) is 2. The van der Waals surface area contributed by atoms with Crippen LogP contribution in [0.15, 0.2) is 54.7 Å². The minimum atomic E-state index is -1.53. The first-order valence-corrected chi connectivity index (χ1v) is 9.50. The molecular weight excluding hydrogens is 451 g/mol. The first-order chi connectivity index (χ1) is 14.7. The van der Waals surface area contributed by atoms with Crippen LogP contribution in [0.25, 0.3) is 16.6 Å². The molecule has 0 radical (unpaired) electrons. The molecule has 9 heteroatoms. The van der Waals surface area contributed by atoms with Crippen LogP contribution in [0.3, 0.4) is 0 Å². The Morgan fingerprint density at radius 3 is 2.23 bits per heavy atom. The van der Waals surface area contributed by atoms with Gasteiger partial charge >= 0.3 is 5.97 Å². The quantitative estimate of drug-likeness (QED) is 0.375. The number of aromatic carboxylic acids is 1. The highest BCUT2D eigenvalue weighted by molar-refractivity contribution is 6.41. The van der Waals surface area contributed by atoms with Crippen LogP contribution in [0.2, 0.25) is 10.0 Å². The summed E-state index contributed by atoms with van der Waals surface area (Å²) in [6.07, 6.45) is 1.41. The number of aromatic hydroxyl groups is 1. The van der Waals surface area contributed by atoms with E-state index in [9.17, 15) is 23.5 Å². The molecule has 2 aromatic carbocycles. The molecule has 0 aliphatic carbocycles. The van der Waals surface area contributed by atoms with Gasteiger partial charge in [-0.15, -0.1) is 0 Å². The molecule has 0 saturated heterocycles. The molecule has 0 spiro atoms. The maximum Gasteiger partial charge on any atom is 0.339 e. The minimum Gasteiger partial charge on any atom is -0.507 e. The van der Waals surface area contributed by atoms with Gasteiger partial charge in [0.25, 0.3) is 0 Å². The van der Waals surface area contributed by atoms with E-state index >= 15 is 0 Å². The van der Waals surface area contributed by atoms with Gasteiger partial charge in [0, 0.05) is 17.3 Å². The van der Waals surface area contributed by atoms with E-state index in [0.717, 1.165) is 12.1 Å². The Labute approximate surface area is 183 Å². The second-order valence-electron chi connectivity index (χ2n) is 6.60. The molecule has 0 amide bonds. The number of carbonyl (C=O) groups is 2. The minimum absolute atomic E-state index is 0.00871. The number of ketones is 1. The van der Waals surface area contributed by atoms with Gasteiger partial charge < -0.3 is 14.6 Å². The first kappa shape index (κ1) is 20.8. The Morgan fingerprint density at radius 1 is 0.903 bits per heavy atom. The molecule has 4 aromatic rings. The number of carboxylic acids is 1. The van der Waals surface area contributed by atoms with E-state index in [2.05, 4.69) is 0 Å². The SMILES string of the molecule is O=C(O)c1cc(F)c(-c2cc(C(=O)c3c(Cl)cccc3Cl)n3cccc(F)c23)cc1O. The van der Waals surface area contributed by atoms with Crippen LogP contribution in [0, 0.1) is 11.6 Å². The molecule has 0 unspecified atom stereocenters. The fraction of sp³-hybridized carbons (Fsp3) is 0. The predicted molar refractivity (Wildman–Crippen MR) is 111 cm³/mol. The maximum atomic E-state index is 14.8. The molecule has 2 heterocycles. The van der Waals surface area contributed by atoms with Crippen molar-refractivity contribution in [1.82, 2.24) is 4.40 Å². The maximum absolute atomic E-state index is 14.8. The Morgan fingerprint density at radius 2 is 1.58 bits per heavy atom. The number of pyridine rings is 1. The molecule has 31 heavy (non-hydrogen) atoms. The normalized spacial score (nSPS) is 11.1. The molecule has 156 valence electrons. The molecule has 2 N–H and O–H groups in total. The van der Waals surface area contributed by atoms with Crippen molar-refractivity contribution in [1.29, 1.82) is 0 Å². The number of carboxylic acid groups (broad SMARTS) is 1. The van der Waals surface area contributed by atoms with Gasteiger partial charge in [0.15, 0.2) is 0 Å². The summed E-state index contributed by atoms with van der Waals surface area (Å²) in [6.45, 7) is 0. The summed E-state index contributed by atoms with van der Waals surface area (Å²) < 4.78 is 30.7. The third kappa shape index (κ3) is 3.41. The largest absolute Gasteiger partial charge is 0.507 e. The lowest BCUT2D eigenvalue weighted by atomic mass is 10.0. The fourth-order valence-electron chi connectivity index (χ4n) is 3.38. The van der Waals surface area contributed by atoms with Crippen molar-refractivity contribution in [3.8, 4) is 16.9 Å².